The Kier molecular flexibility index (Phi) is 4.18. The van der Waals surface area contributed by atoms with Crippen LogP contribution >= 0.6 is 11.3 Å². The molecule has 3 fully saturated rings. The van der Waals surface area contributed by atoms with Crippen molar-refractivity contribution in [3.05, 3.63) is 16.6 Å². The van der Waals surface area contributed by atoms with E-state index in [-0.39, 0.29) is 6.04 Å². The first kappa shape index (κ1) is 14.6. The largest absolute Gasteiger partial charge is 0.341 e. The van der Waals surface area contributed by atoms with Crippen molar-refractivity contribution in [1.82, 2.24) is 14.8 Å². The van der Waals surface area contributed by atoms with Gasteiger partial charge in [-0.1, -0.05) is 12.8 Å². The Morgan fingerprint density at radius 3 is 2.91 bits per heavy atom. The third-order valence-electron chi connectivity index (χ3n) is 5.67. The van der Waals surface area contributed by atoms with Crippen LogP contribution in [0.4, 0.5) is 0 Å². The molecule has 2 bridgehead atoms. The molecule has 4 rings (SSSR count). The smallest absolute Gasteiger partial charge is 0.239 e. The van der Waals surface area contributed by atoms with E-state index in [2.05, 4.69) is 14.8 Å². The Morgan fingerprint density at radius 2 is 2.14 bits per heavy atom. The fourth-order valence-corrected chi connectivity index (χ4v) is 5.13. The summed E-state index contributed by atoms with van der Waals surface area (Å²) < 4.78 is 0. The molecule has 0 radical (unpaired) electrons. The van der Waals surface area contributed by atoms with Crippen molar-refractivity contribution >= 4 is 17.2 Å². The average Bonchev–Trinajstić information content (AvgIpc) is 3.20. The second kappa shape index (κ2) is 6.28. The number of carbonyl (C=O) groups is 1. The Hall–Kier alpha value is -0.940. The van der Waals surface area contributed by atoms with Crippen molar-refractivity contribution < 1.29 is 4.79 Å². The van der Waals surface area contributed by atoms with Crippen molar-refractivity contribution in [3.8, 4) is 0 Å². The molecule has 120 valence electrons. The van der Waals surface area contributed by atoms with E-state index in [9.17, 15) is 4.79 Å². The number of rotatable bonds is 4. The highest BCUT2D eigenvalue weighted by Crippen LogP contribution is 2.33. The topological polar surface area (TPSA) is 36.4 Å². The van der Waals surface area contributed by atoms with Crippen LogP contribution in [0.3, 0.4) is 0 Å². The van der Waals surface area contributed by atoms with Crippen molar-refractivity contribution in [1.29, 1.82) is 0 Å². The maximum absolute atomic E-state index is 12.9. The maximum Gasteiger partial charge on any atom is 0.239 e. The minimum Gasteiger partial charge on any atom is -0.341 e. The van der Waals surface area contributed by atoms with Gasteiger partial charge in [-0.15, -0.1) is 11.3 Å². The zero-order chi connectivity index (χ0) is 14.9. The summed E-state index contributed by atoms with van der Waals surface area (Å²) in [5, 5.41) is 3.16. The van der Waals surface area contributed by atoms with Crippen LogP contribution in [0.2, 0.25) is 0 Å². The highest BCUT2D eigenvalue weighted by atomic mass is 32.1. The fourth-order valence-electron chi connectivity index (χ4n) is 4.49. The van der Waals surface area contributed by atoms with Gasteiger partial charge < -0.3 is 4.90 Å². The summed E-state index contributed by atoms with van der Waals surface area (Å²) in [6.45, 7) is 3.92. The van der Waals surface area contributed by atoms with Gasteiger partial charge in [0, 0.05) is 24.7 Å². The molecule has 2 aliphatic heterocycles. The maximum atomic E-state index is 12.9. The molecule has 1 aromatic heterocycles. The SMILES string of the molecule is O=C1[C@H]2C[C@H](CCN2Cc2nccs2)CN1CC1CCCC1. The summed E-state index contributed by atoms with van der Waals surface area (Å²) in [5.41, 5.74) is 0. The van der Waals surface area contributed by atoms with E-state index >= 15 is 0 Å². The number of carbonyl (C=O) groups excluding carboxylic acids is 1. The lowest BCUT2D eigenvalue weighted by atomic mass is 9.85. The molecule has 2 saturated heterocycles. The molecule has 0 spiro atoms. The Labute approximate surface area is 136 Å². The molecule has 3 heterocycles. The van der Waals surface area contributed by atoms with Gasteiger partial charge in [0.2, 0.25) is 5.91 Å². The average molecular weight is 319 g/mol. The number of piperidine rings is 2. The summed E-state index contributed by atoms with van der Waals surface area (Å²) in [6, 6.07) is 0.109. The molecule has 0 unspecified atom stereocenters. The van der Waals surface area contributed by atoms with Gasteiger partial charge in [0.05, 0.1) is 12.6 Å². The zero-order valence-electron chi connectivity index (χ0n) is 13.1. The number of hydrogen-bond acceptors (Lipinski definition) is 4. The van der Waals surface area contributed by atoms with Gasteiger partial charge in [0.25, 0.3) is 0 Å². The molecule has 1 amide bonds. The van der Waals surface area contributed by atoms with E-state index in [0.29, 0.717) is 5.91 Å². The quantitative estimate of drug-likeness (QED) is 0.856. The normalized spacial score (nSPS) is 30.2. The number of likely N-dealkylation sites (tertiary alicyclic amines) is 2. The van der Waals surface area contributed by atoms with Crippen LogP contribution < -0.4 is 0 Å². The summed E-state index contributed by atoms with van der Waals surface area (Å²) >= 11 is 1.70. The number of thiazole rings is 1. The predicted molar refractivity (Wildman–Crippen MR) is 87.6 cm³/mol. The lowest BCUT2D eigenvalue weighted by molar-refractivity contribution is -0.146. The minimum absolute atomic E-state index is 0.109. The zero-order valence-corrected chi connectivity index (χ0v) is 13.9. The van der Waals surface area contributed by atoms with Crippen LogP contribution in [0.25, 0.3) is 0 Å². The van der Waals surface area contributed by atoms with Crippen LogP contribution in [0, 0.1) is 11.8 Å². The number of amides is 1. The summed E-state index contributed by atoms with van der Waals surface area (Å²) in [4.78, 5) is 21.9. The van der Waals surface area contributed by atoms with E-state index in [0.717, 1.165) is 49.4 Å². The van der Waals surface area contributed by atoms with Crippen molar-refractivity contribution in [3.63, 3.8) is 0 Å². The van der Waals surface area contributed by atoms with E-state index < -0.39 is 0 Å². The van der Waals surface area contributed by atoms with E-state index in [4.69, 9.17) is 0 Å². The van der Waals surface area contributed by atoms with Crippen LogP contribution in [0.15, 0.2) is 11.6 Å². The van der Waals surface area contributed by atoms with Crippen LogP contribution in [0.1, 0.15) is 43.5 Å². The van der Waals surface area contributed by atoms with Gasteiger partial charge in [-0.2, -0.15) is 0 Å². The van der Waals surface area contributed by atoms with Crippen molar-refractivity contribution in [2.24, 2.45) is 11.8 Å². The van der Waals surface area contributed by atoms with Crippen molar-refractivity contribution in [2.75, 3.05) is 19.6 Å². The Morgan fingerprint density at radius 1 is 1.27 bits per heavy atom. The van der Waals surface area contributed by atoms with E-state index in [1.807, 2.05) is 11.6 Å². The van der Waals surface area contributed by atoms with Crippen LogP contribution in [-0.2, 0) is 11.3 Å². The second-order valence-corrected chi connectivity index (χ2v) is 8.18. The van der Waals surface area contributed by atoms with Gasteiger partial charge >= 0.3 is 0 Å². The lowest BCUT2D eigenvalue weighted by Crippen LogP contribution is -2.59. The molecule has 1 saturated carbocycles. The molecule has 4 nitrogen and oxygen atoms in total. The molecule has 1 aliphatic carbocycles. The first-order chi connectivity index (χ1) is 10.8. The molecule has 0 N–H and O–H groups in total. The third-order valence-corrected chi connectivity index (χ3v) is 6.44. The van der Waals surface area contributed by atoms with Gasteiger partial charge in [0.15, 0.2) is 0 Å². The molecular weight excluding hydrogens is 294 g/mol. The van der Waals surface area contributed by atoms with Crippen LogP contribution in [-0.4, -0.2) is 46.4 Å². The Bertz CT molecular complexity index is 512. The molecule has 5 heteroatoms. The monoisotopic (exact) mass is 319 g/mol. The number of hydrogen-bond donors (Lipinski definition) is 0. The predicted octanol–water partition coefficient (Wildman–Crippen LogP) is 2.76. The molecule has 2 atom stereocenters. The van der Waals surface area contributed by atoms with Crippen molar-refractivity contribution in [2.45, 2.75) is 51.1 Å². The second-order valence-electron chi connectivity index (χ2n) is 7.20. The number of aromatic nitrogens is 1. The first-order valence-corrected chi connectivity index (χ1v) is 9.59. The summed E-state index contributed by atoms with van der Waals surface area (Å²) in [6.07, 6.45) is 9.51. The molecule has 1 aromatic rings. The molecule has 0 aromatic carbocycles. The highest BCUT2D eigenvalue weighted by molar-refractivity contribution is 7.09. The Balaban J connectivity index is 1.44. The van der Waals surface area contributed by atoms with E-state index in [1.165, 1.54) is 32.1 Å². The highest BCUT2D eigenvalue weighted by Gasteiger charge is 2.41. The molecule has 3 aliphatic rings. The van der Waals surface area contributed by atoms with Gasteiger partial charge in [-0.25, -0.2) is 4.98 Å². The molecular formula is C17H25N3OS. The summed E-state index contributed by atoms with van der Waals surface area (Å²) in [7, 11) is 0. The molecule has 22 heavy (non-hydrogen) atoms. The third kappa shape index (κ3) is 2.93. The number of fused-ring (bicyclic) bond motifs is 2. The van der Waals surface area contributed by atoms with Gasteiger partial charge in [-0.3, -0.25) is 9.69 Å². The van der Waals surface area contributed by atoms with Gasteiger partial charge in [0.1, 0.15) is 5.01 Å². The fraction of sp³-hybridized carbons (Fsp3) is 0.765. The lowest BCUT2D eigenvalue weighted by Gasteiger charge is -2.46. The summed E-state index contributed by atoms with van der Waals surface area (Å²) in [5.74, 6) is 1.87. The van der Waals surface area contributed by atoms with E-state index in [1.54, 1.807) is 11.3 Å². The number of nitrogens with zero attached hydrogens (tertiary/aromatic N) is 3. The minimum atomic E-state index is 0.109. The van der Waals surface area contributed by atoms with Gasteiger partial charge in [-0.05, 0) is 44.1 Å². The van der Waals surface area contributed by atoms with Crippen LogP contribution in [0.5, 0.6) is 0 Å². The standard InChI is InChI=1S/C17H25N3OS/c21-17-15-9-14(11-20(17)10-13-3-1-2-4-13)5-7-19(15)12-16-18-6-8-22-16/h6,8,13-15H,1-5,7,9-12H2/t14-,15+/m0/s1. The first-order valence-electron chi connectivity index (χ1n) is 8.71.